The van der Waals surface area contributed by atoms with Gasteiger partial charge in [-0.3, -0.25) is 4.79 Å². The number of carboxylic acids is 1. The van der Waals surface area contributed by atoms with Gasteiger partial charge in [0.05, 0.1) is 12.2 Å². The van der Waals surface area contributed by atoms with Crippen LogP contribution >= 0.6 is 11.6 Å². The van der Waals surface area contributed by atoms with Crippen molar-refractivity contribution in [2.75, 3.05) is 6.61 Å². The number of phenols is 1. The van der Waals surface area contributed by atoms with Gasteiger partial charge in [0.1, 0.15) is 5.75 Å². The highest BCUT2D eigenvalue weighted by Crippen LogP contribution is 2.21. The van der Waals surface area contributed by atoms with Crippen molar-refractivity contribution < 1.29 is 24.9 Å². The Hall–Kier alpha value is -1.79. The predicted molar refractivity (Wildman–Crippen MR) is 59.1 cm³/mol. The quantitative estimate of drug-likeness (QED) is 0.619. The van der Waals surface area contributed by atoms with Crippen LogP contribution in [0.1, 0.15) is 10.4 Å². The molecule has 7 heteroatoms. The Balaban J connectivity index is 2.86. The second-order valence-electron chi connectivity index (χ2n) is 3.21. The maximum absolute atomic E-state index is 11.6. The Morgan fingerprint density at radius 1 is 1.41 bits per heavy atom. The summed E-state index contributed by atoms with van der Waals surface area (Å²) in [4.78, 5) is 22.1. The van der Waals surface area contributed by atoms with Crippen molar-refractivity contribution in [2.45, 2.75) is 6.04 Å². The van der Waals surface area contributed by atoms with Crippen molar-refractivity contribution >= 4 is 23.5 Å². The summed E-state index contributed by atoms with van der Waals surface area (Å²) in [5, 5.41) is 29.1. The number of rotatable bonds is 4. The van der Waals surface area contributed by atoms with Gasteiger partial charge in [0.15, 0.2) is 6.04 Å². The number of amides is 1. The average molecular weight is 260 g/mol. The van der Waals surface area contributed by atoms with Gasteiger partial charge in [0.25, 0.3) is 5.91 Å². The van der Waals surface area contributed by atoms with Gasteiger partial charge in [-0.05, 0) is 18.2 Å². The van der Waals surface area contributed by atoms with Gasteiger partial charge >= 0.3 is 5.97 Å². The molecule has 0 spiro atoms. The number of aliphatic hydroxyl groups is 1. The summed E-state index contributed by atoms with van der Waals surface area (Å²) in [6.07, 6.45) is 0. The smallest absolute Gasteiger partial charge is 0.328 e. The summed E-state index contributed by atoms with van der Waals surface area (Å²) in [5.74, 6) is -2.54. The Labute approximate surface area is 101 Å². The van der Waals surface area contributed by atoms with E-state index in [1.165, 1.54) is 12.1 Å². The molecule has 0 saturated heterocycles. The summed E-state index contributed by atoms with van der Waals surface area (Å²) in [5.41, 5.74) is -0.117. The van der Waals surface area contributed by atoms with Crippen LogP contribution in [0.4, 0.5) is 0 Å². The van der Waals surface area contributed by atoms with E-state index in [9.17, 15) is 14.7 Å². The van der Waals surface area contributed by atoms with Crippen LogP contribution in [0.25, 0.3) is 0 Å². The zero-order chi connectivity index (χ0) is 13.0. The number of aliphatic hydroxyl groups excluding tert-OH is 1. The third-order valence-electron chi connectivity index (χ3n) is 1.99. The molecule has 1 amide bonds. The lowest BCUT2D eigenvalue weighted by Crippen LogP contribution is -2.43. The number of nitrogens with one attached hydrogen (secondary N) is 1. The molecule has 17 heavy (non-hydrogen) atoms. The number of benzene rings is 1. The van der Waals surface area contributed by atoms with Crippen molar-refractivity contribution in [1.82, 2.24) is 5.32 Å². The fourth-order valence-electron chi connectivity index (χ4n) is 1.12. The first kappa shape index (κ1) is 13.3. The van der Waals surface area contributed by atoms with Gasteiger partial charge in [-0.15, -0.1) is 0 Å². The summed E-state index contributed by atoms with van der Waals surface area (Å²) in [6.45, 7) is -0.741. The molecule has 0 aliphatic heterocycles. The van der Waals surface area contributed by atoms with Gasteiger partial charge in [0.2, 0.25) is 0 Å². The minimum Gasteiger partial charge on any atom is -0.507 e. The predicted octanol–water partition coefficient (Wildman–Crippen LogP) is 0.221. The van der Waals surface area contributed by atoms with Crippen LogP contribution in [-0.4, -0.2) is 39.8 Å². The molecule has 0 heterocycles. The van der Waals surface area contributed by atoms with E-state index in [0.29, 0.717) is 0 Å². The van der Waals surface area contributed by atoms with E-state index < -0.39 is 24.5 Å². The van der Waals surface area contributed by atoms with Gasteiger partial charge in [-0.25, -0.2) is 4.79 Å². The lowest BCUT2D eigenvalue weighted by Gasteiger charge is -2.12. The first-order chi connectivity index (χ1) is 7.95. The lowest BCUT2D eigenvalue weighted by molar-refractivity contribution is -0.140. The van der Waals surface area contributed by atoms with Crippen molar-refractivity contribution in [2.24, 2.45) is 0 Å². The number of aromatic hydroxyl groups is 1. The number of carboxylic acid groups (broad SMARTS) is 1. The molecule has 1 atom stereocenters. The molecule has 1 aromatic carbocycles. The van der Waals surface area contributed by atoms with Gasteiger partial charge < -0.3 is 20.6 Å². The molecule has 0 unspecified atom stereocenters. The molecule has 0 saturated carbocycles. The monoisotopic (exact) mass is 259 g/mol. The number of halogens is 1. The topological polar surface area (TPSA) is 107 Å². The Morgan fingerprint density at radius 3 is 2.53 bits per heavy atom. The highest BCUT2D eigenvalue weighted by molar-refractivity contribution is 6.30. The first-order valence-electron chi connectivity index (χ1n) is 4.58. The van der Waals surface area contributed by atoms with Crippen molar-refractivity contribution in [3.05, 3.63) is 28.8 Å². The first-order valence-corrected chi connectivity index (χ1v) is 4.96. The standard InChI is InChI=1S/C10H10ClNO5/c11-5-1-2-6(8(14)3-5)9(15)12-7(4-13)10(16)17/h1-3,7,13-14H,4H2,(H,12,15)(H,16,17)/t7-/m0/s1. The fourth-order valence-corrected chi connectivity index (χ4v) is 1.28. The Kier molecular flexibility index (Phi) is 4.30. The van der Waals surface area contributed by atoms with Crippen LogP contribution < -0.4 is 5.32 Å². The second-order valence-corrected chi connectivity index (χ2v) is 3.64. The van der Waals surface area contributed by atoms with Gasteiger partial charge in [-0.1, -0.05) is 11.6 Å². The van der Waals surface area contributed by atoms with E-state index in [1.54, 1.807) is 0 Å². The molecule has 0 fully saturated rings. The molecule has 1 rings (SSSR count). The largest absolute Gasteiger partial charge is 0.507 e. The third-order valence-corrected chi connectivity index (χ3v) is 2.23. The average Bonchev–Trinajstić information content (AvgIpc) is 2.24. The van der Waals surface area contributed by atoms with Crippen LogP contribution in [0.2, 0.25) is 5.02 Å². The van der Waals surface area contributed by atoms with E-state index >= 15 is 0 Å². The molecule has 0 aliphatic rings. The molecule has 6 nitrogen and oxygen atoms in total. The highest BCUT2D eigenvalue weighted by Gasteiger charge is 2.21. The molecular formula is C10H10ClNO5. The molecule has 4 N–H and O–H groups in total. The molecule has 0 radical (unpaired) electrons. The SMILES string of the molecule is O=C(N[C@@H](CO)C(=O)O)c1ccc(Cl)cc1O. The van der Waals surface area contributed by atoms with E-state index in [1.807, 2.05) is 0 Å². The minimum atomic E-state index is -1.42. The van der Waals surface area contributed by atoms with E-state index in [-0.39, 0.29) is 16.3 Å². The number of phenolic OH excluding ortho intramolecular Hbond substituents is 1. The van der Waals surface area contributed by atoms with Crippen LogP contribution in [0, 0.1) is 0 Å². The van der Waals surface area contributed by atoms with Crippen molar-refractivity contribution in [1.29, 1.82) is 0 Å². The number of hydrogen-bond acceptors (Lipinski definition) is 4. The van der Waals surface area contributed by atoms with Crippen molar-refractivity contribution in [3.63, 3.8) is 0 Å². The molecule has 0 aromatic heterocycles. The van der Waals surface area contributed by atoms with E-state index in [0.717, 1.165) is 6.07 Å². The summed E-state index contributed by atoms with van der Waals surface area (Å²) < 4.78 is 0. The molecule has 1 aromatic rings. The van der Waals surface area contributed by atoms with Crippen LogP contribution in [0.3, 0.4) is 0 Å². The van der Waals surface area contributed by atoms with Crippen LogP contribution in [-0.2, 0) is 4.79 Å². The maximum Gasteiger partial charge on any atom is 0.328 e. The third kappa shape index (κ3) is 3.33. The number of carbonyl (C=O) groups excluding carboxylic acids is 1. The number of hydrogen-bond donors (Lipinski definition) is 4. The van der Waals surface area contributed by atoms with E-state index in [2.05, 4.69) is 5.32 Å². The lowest BCUT2D eigenvalue weighted by atomic mass is 10.1. The highest BCUT2D eigenvalue weighted by atomic mass is 35.5. The van der Waals surface area contributed by atoms with Gasteiger partial charge in [-0.2, -0.15) is 0 Å². The number of aliphatic carboxylic acids is 1. The van der Waals surface area contributed by atoms with Gasteiger partial charge in [0, 0.05) is 5.02 Å². The summed E-state index contributed by atoms with van der Waals surface area (Å²) in [7, 11) is 0. The zero-order valence-electron chi connectivity index (χ0n) is 8.55. The maximum atomic E-state index is 11.6. The van der Waals surface area contributed by atoms with E-state index in [4.69, 9.17) is 21.8 Å². The Bertz CT molecular complexity index is 448. The molecule has 0 aliphatic carbocycles. The van der Waals surface area contributed by atoms with Crippen molar-refractivity contribution in [3.8, 4) is 5.75 Å². The zero-order valence-corrected chi connectivity index (χ0v) is 9.31. The second kappa shape index (κ2) is 5.51. The van der Waals surface area contributed by atoms with Crippen LogP contribution in [0.15, 0.2) is 18.2 Å². The molecule has 92 valence electrons. The van der Waals surface area contributed by atoms with Crippen LogP contribution in [0.5, 0.6) is 5.75 Å². The Morgan fingerprint density at radius 2 is 2.06 bits per heavy atom. The minimum absolute atomic E-state index is 0.117. The fraction of sp³-hybridized carbons (Fsp3) is 0.200. The normalized spacial score (nSPS) is 11.9. The number of carbonyl (C=O) groups is 2. The summed E-state index contributed by atoms with van der Waals surface area (Å²) >= 11 is 5.58. The summed E-state index contributed by atoms with van der Waals surface area (Å²) in [6, 6.07) is 2.37. The molecule has 0 bridgehead atoms. The molecular weight excluding hydrogens is 250 g/mol.